The van der Waals surface area contributed by atoms with Crippen molar-refractivity contribution in [2.75, 3.05) is 7.11 Å². The maximum absolute atomic E-state index is 11.6. The second-order valence-corrected chi connectivity index (χ2v) is 5.18. The van der Waals surface area contributed by atoms with Gasteiger partial charge in [0.1, 0.15) is 5.54 Å². The molecule has 2 atom stereocenters. The van der Waals surface area contributed by atoms with Crippen LogP contribution in [-0.2, 0) is 16.1 Å². The van der Waals surface area contributed by atoms with Gasteiger partial charge in [-0.1, -0.05) is 30.3 Å². The first-order valence-electron chi connectivity index (χ1n) is 6.71. The molecule has 19 heavy (non-hydrogen) atoms. The van der Waals surface area contributed by atoms with Gasteiger partial charge >= 0.3 is 5.97 Å². The molecule has 0 aromatic heterocycles. The molecule has 0 aliphatic heterocycles. The lowest BCUT2D eigenvalue weighted by Gasteiger charge is -2.37. The number of hydrogen-bond acceptors (Lipinski definition) is 3. The van der Waals surface area contributed by atoms with E-state index < -0.39 is 11.5 Å². The molecule has 1 aromatic carbocycles. The molecular formula is C15H21NO3. The summed E-state index contributed by atoms with van der Waals surface area (Å²) in [5.74, 6) is -0.773. The van der Waals surface area contributed by atoms with Crippen molar-refractivity contribution >= 4 is 5.97 Å². The number of ether oxygens (including phenoxy) is 1. The quantitative estimate of drug-likeness (QED) is 0.855. The van der Waals surface area contributed by atoms with Crippen molar-refractivity contribution in [3.8, 4) is 0 Å². The van der Waals surface area contributed by atoms with Crippen LogP contribution >= 0.6 is 0 Å². The summed E-state index contributed by atoms with van der Waals surface area (Å²) in [5, 5.41) is 12.8. The highest BCUT2D eigenvalue weighted by molar-refractivity contribution is 5.79. The smallest absolute Gasteiger partial charge is 0.324 e. The third-order valence-electron chi connectivity index (χ3n) is 3.92. The summed E-state index contributed by atoms with van der Waals surface area (Å²) in [5.41, 5.74) is 0.247. The van der Waals surface area contributed by atoms with Crippen LogP contribution in [0.2, 0.25) is 0 Å². The first kappa shape index (κ1) is 14.0. The zero-order valence-corrected chi connectivity index (χ0v) is 11.3. The Bertz CT molecular complexity index is 421. The van der Waals surface area contributed by atoms with Crippen molar-refractivity contribution in [2.45, 2.75) is 43.9 Å². The van der Waals surface area contributed by atoms with Gasteiger partial charge in [0, 0.05) is 20.1 Å². The van der Waals surface area contributed by atoms with E-state index in [0.717, 1.165) is 18.4 Å². The van der Waals surface area contributed by atoms with Crippen molar-refractivity contribution in [3.05, 3.63) is 35.9 Å². The number of benzene rings is 1. The predicted octanol–water partition coefficient (Wildman–Crippen LogP) is 2.19. The molecule has 4 heteroatoms. The summed E-state index contributed by atoms with van der Waals surface area (Å²) in [6.07, 6.45) is 3.05. The minimum absolute atomic E-state index is 0.0353. The van der Waals surface area contributed by atoms with Crippen molar-refractivity contribution in [2.24, 2.45) is 0 Å². The Morgan fingerprint density at radius 2 is 2.21 bits per heavy atom. The topological polar surface area (TPSA) is 58.6 Å². The highest BCUT2D eigenvalue weighted by Gasteiger charge is 2.42. The minimum atomic E-state index is -0.852. The lowest BCUT2D eigenvalue weighted by molar-refractivity contribution is -0.148. The van der Waals surface area contributed by atoms with E-state index in [2.05, 4.69) is 5.32 Å². The molecule has 0 saturated heterocycles. The number of carboxylic acids is 1. The number of aliphatic carboxylic acids is 1. The van der Waals surface area contributed by atoms with Crippen LogP contribution < -0.4 is 5.32 Å². The number of rotatable bonds is 5. The van der Waals surface area contributed by atoms with Crippen LogP contribution in [0.15, 0.2) is 30.3 Å². The molecule has 0 heterocycles. The summed E-state index contributed by atoms with van der Waals surface area (Å²) in [4.78, 5) is 11.6. The standard InChI is InChI=1S/C15H21NO3/c1-19-13-8-5-9-15(10-13,14(17)18)16-11-12-6-3-2-4-7-12/h2-4,6-7,13,16H,5,8-11H2,1H3,(H,17,18). The Morgan fingerprint density at radius 3 is 2.84 bits per heavy atom. The van der Waals surface area contributed by atoms with Crippen LogP contribution in [0.25, 0.3) is 0 Å². The first-order chi connectivity index (χ1) is 9.16. The van der Waals surface area contributed by atoms with Crippen molar-refractivity contribution in [3.63, 3.8) is 0 Å². The van der Waals surface area contributed by atoms with Gasteiger partial charge < -0.3 is 9.84 Å². The van der Waals surface area contributed by atoms with Crippen LogP contribution in [0.3, 0.4) is 0 Å². The van der Waals surface area contributed by atoms with E-state index in [1.807, 2.05) is 30.3 Å². The maximum Gasteiger partial charge on any atom is 0.324 e. The van der Waals surface area contributed by atoms with Gasteiger partial charge in [-0.25, -0.2) is 0 Å². The monoisotopic (exact) mass is 263 g/mol. The summed E-state index contributed by atoms with van der Waals surface area (Å²) >= 11 is 0. The number of carbonyl (C=O) groups is 1. The Balaban J connectivity index is 2.05. The Labute approximate surface area is 113 Å². The maximum atomic E-state index is 11.6. The number of nitrogens with one attached hydrogen (secondary N) is 1. The summed E-state index contributed by atoms with van der Waals surface area (Å²) in [6.45, 7) is 0.573. The van der Waals surface area contributed by atoms with Gasteiger partial charge in [-0.05, 0) is 24.8 Å². The molecule has 2 N–H and O–H groups in total. The molecule has 0 bridgehead atoms. The second-order valence-electron chi connectivity index (χ2n) is 5.18. The van der Waals surface area contributed by atoms with Crippen molar-refractivity contribution < 1.29 is 14.6 Å². The normalized spacial score (nSPS) is 27.1. The number of hydrogen-bond donors (Lipinski definition) is 2. The lowest BCUT2D eigenvalue weighted by atomic mass is 9.80. The zero-order valence-electron chi connectivity index (χ0n) is 11.3. The fraction of sp³-hybridized carbons (Fsp3) is 0.533. The van der Waals surface area contributed by atoms with Gasteiger partial charge in [0.25, 0.3) is 0 Å². The van der Waals surface area contributed by atoms with E-state index in [1.165, 1.54) is 0 Å². The third-order valence-corrected chi connectivity index (χ3v) is 3.92. The van der Waals surface area contributed by atoms with Crippen LogP contribution in [-0.4, -0.2) is 29.8 Å². The van der Waals surface area contributed by atoms with E-state index in [1.54, 1.807) is 7.11 Å². The van der Waals surface area contributed by atoms with E-state index in [9.17, 15) is 9.90 Å². The molecule has 104 valence electrons. The van der Waals surface area contributed by atoms with Crippen LogP contribution in [0.4, 0.5) is 0 Å². The molecule has 0 radical (unpaired) electrons. The van der Waals surface area contributed by atoms with Gasteiger partial charge in [-0.15, -0.1) is 0 Å². The first-order valence-corrected chi connectivity index (χ1v) is 6.71. The molecule has 1 aliphatic carbocycles. The third kappa shape index (κ3) is 3.33. The Morgan fingerprint density at radius 1 is 1.47 bits per heavy atom. The van der Waals surface area contributed by atoms with E-state index in [4.69, 9.17) is 4.74 Å². The van der Waals surface area contributed by atoms with Gasteiger partial charge in [-0.3, -0.25) is 10.1 Å². The second kappa shape index (κ2) is 6.17. The van der Waals surface area contributed by atoms with Crippen LogP contribution in [0.1, 0.15) is 31.2 Å². The molecular weight excluding hydrogens is 242 g/mol. The molecule has 0 spiro atoms. The Hall–Kier alpha value is -1.39. The molecule has 1 aliphatic rings. The zero-order chi connectivity index (χ0) is 13.7. The molecule has 0 amide bonds. The van der Waals surface area contributed by atoms with Crippen LogP contribution in [0, 0.1) is 0 Å². The van der Waals surface area contributed by atoms with Crippen molar-refractivity contribution in [1.82, 2.24) is 5.32 Å². The molecule has 1 aromatic rings. The number of methoxy groups -OCH3 is 1. The molecule has 1 saturated carbocycles. The molecule has 2 unspecified atom stereocenters. The van der Waals surface area contributed by atoms with E-state index >= 15 is 0 Å². The largest absolute Gasteiger partial charge is 0.480 e. The molecule has 4 nitrogen and oxygen atoms in total. The van der Waals surface area contributed by atoms with Gasteiger partial charge in [-0.2, -0.15) is 0 Å². The Kier molecular flexibility index (Phi) is 4.56. The summed E-state index contributed by atoms with van der Waals surface area (Å²) in [6, 6.07) is 9.88. The van der Waals surface area contributed by atoms with Crippen molar-refractivity contribution in [1.29, 1.82) is 0 Å². The number of carboxylic acid groups (broad SMARTS) is 1. The van der Waals surface area contributed by atoms with Gasteiger partial charge in [0.2, 0.25) is 0 Å². The average molecular weight is 263 g/mol. The lowest BCUT2D eigenvalue weighted by Crippen LogP contribution is -2.55. The SMILES string of the molecule is COC1CCCC(NCc2ccccc2)(C(=O)O)C1. The minimum Gasteiger partial charge on any atom is -0.480 e. The van der Waals surface area contributed by atoms with Gasteiger partial charge in [0.05, 0.1) is 6.10 Å². The highest BCUT2D eigenvalue weighted by Crippen LogP contribution is 2.30. The fourth-order valence-corrected chi connectivity index (χ4v) is 2.72. The van der Waals surface area contributed by atoms with Gasteiger partial charge in [0.15, 0.2) is 0 Å². The highest BCUT2D eigenvalue weighted by atomic mass is 16.5. The van der Waals surface area contributed by atoms with Crippen LogP contribution in [0.5, 0.6) is 0 Å². The average Bonchev–Trinajstić information content (AvgIpc) is 2.46. The summed E-state index contributed by atoms with van der Waals surface area (Å²) in [7, 11) is 1.65. The van der Waals surface area contributed by atoms with E-state index in [-0.39, 0.29) is 6.10 Å². The fourth-order valence-electron chi connectivity index (χ4n) is 2.72. The summed E-state index contributed by atoms with van der Waals surface area (Å²) < 4.78 is 5.35. The van der Waals surface area contributed by atoms with E-state index in [0.29, 0.717) is 19.4 Å². The predicted molar refractivity (Wildman–Crippen MR) is 72.9 cm³/mol. The molecule has 2 rings (SSSR count). The molecule has 1 fully saturated rings.